The molecule has 0 bridgehead atoms. The van der Waals surface area contributed by atoms with Gasteiger partial charge in [-0.3, -0.25) is 4.79 Å². The lowest BCUT2D eigenvalue weighted by Crippen LogP contribution is -2.19. The SMILES string of the molecule is O=C(CSc1nc2ccc(NC(=O)Nc3ccc4c(c3)OCO4)cc2s1)Nc1ccc(F)cc1. The summed E-state index contributed by atoms with van der Waals surface area (Å²) in [5.41, 5.74) is 2.50. The van der Waals surface area contributed by atoms with Gasteiger partial charge in [-0.15, -0.1) is 11.3 Å². The van der Waals surface area contributed by atoms with Gasteiger partial charge in [-0.25, -0.2) is 14.2 Å². The zero-order valence-corrected chi connectivity index (χ0v) is 19.1. The van der Waals surface area contributed by atoms with E-state index in [-0.39, 0.29) is 24.3 Å². The molecule has 0 unspecified atom stereocenters. The van der Waals surface area contributed by atoms with Gasteiger partial charge in [-0.2, -0.15) is 0 Å². The van der Waals surface area contributed by atoms with Crippen molar-refractivity contribution in [3.8, 4) is 11.5 Å². The summed E-state index contributed by atoms with van der Waals surface area (Å²) in [4.78, 5) is 29.1. The number of carbonyl (C=O) groups is 2. The average molecular weight is 497 g/mol. The van der Waals surface area contributed by atoms with Crippen LogP contribution in [0.2, 0.25) is 0 Å². The highest BCUT2D eigenvalue weighted by Crippen LogP contribution is 2.34. The van der Waals surface area contributed by atoms with Crippen LogP contribution in [-0.2, 0) is 4.79 Å². The number of benzene rings is 3. The van der Waals surface area contributed by atoms with Gasteiger partial charge in [-0.1, -0.05) is 11.8 Å². The van der Waals surface area contributed by atoms with E-state index in [4.69, 9.17) is 9.47 Å². The molecule has 4 aromatic rings. The first-order valence-corrected chi connectivity index (χ1v) is 11.9. The van der Waals surface area contributed by atoms with Crippen LogP contribution < -0.4 is 25.4 Å². The third-order valence-corrected chi connectivity index (χ3v) is 6.87. The fourth-order valence-electron chi connectivity index (χ4n) is 3.17. The van der Waals surface area contributed by atoms with Crippen LogP contribution in [-0.4, -0.2) is 29.5 Å². The summed E-state index contributed by atoms with van der Waals surface area (Å²) >= 11 is 2.73. The van der Waals surface area contributed by atoms with Crippen molar-refractivity contribution in [1.82, 2.24) is 4.98 Å². The van der Waals surface area contributed by atoms with Crippen LogP contribution >= 0.6 is 23.1 Å². The highest BCUT2D eigenvalue weighted by atomic mass is 32.2. The molecule has 5 rings (SSSR count). The number of nitrogens with one attached hydrogen (secondary N) is 3. The van der Waals surface area contributed by atoms with E-state index in [1.807, 2.05) is 12.1 Å². The molecule has 1 aliphatic rings. The van der Waals surface area contributed by atoms with E-state index in [1.165, 1.54) is 47.4 Å². The Morgan fingerprint density at radius 3 is 2.44 bits per heavy atom. The van der Waals surface area contributed by atoms with E-state index in [0.717, 1.165) is 14.6 Å². The maximum Gasteiger partial charge on any atom is 0.323 e. The summed E-state index contributed by atoms with van der Waals surface area (Å²) in [6.07, 6.45) is 0. The molecule has 3 N–H and O–H groups in total. The van der Waals surface area contributed by atoms with Crippen LogP contribution in [0.25, 0.3) is 10.2 Å². The Bertz CT molecular complexity index is 1380. The van der Waals surface area contributed by atoms with Crippen LogP contribution in [0.1, 0.15) is 0 Å². The van der Waals surface area contributed by atoms with Gasteiger partial charge >= 0.3 is 6.03 Å². The molecule has 11 heteroatoms. The number of fused-ring (bicyclic) bond motifs is 2. The zero-order chi connectivity index (χ0) is 23.5. The minimum Gasteiger partial charge on any atom is -0.454 e. The summed E-state index contributed by atoms with van der Waals surface area (Å²) in [7, 11) is 0. The van der Waals surface area contributed by atoms with Crippen molar-refractivity contribution >= 4 is 62.3 Å². The number of hydrogen-bond donors (Lipinski definition) is 3. The smallest absolute Gasteiger partial charge is 0.323 e. The van der Waals surface area contributed by atoms with Gasteiger partial charge in [0.1, 0.15) is 5.82 Å². The van der Waals surface area contributed by atoms with Crippen LogP contribution in [0.15, 0.2) is 65.0 Å². The van der Waals surface area contributed by atoms with Crippen molar-refractivity contribution in [2.24, 2.45) is 0 Å². The number of nitrogens with zero attached hydrogens (tertiary/aromatic N) is 1. The molecule has 1 aromatic heterocycles. The molecule has 3 amide bonds. The molecule has 2 heterocycles. The molecular formula is C23H17FN4O4S2. The minimum atomic E-state index is -0.394. The van der Waals surface area contributed by atoms with Crippen LogP contribution in [0.5, 0.6) is 11.5 Å². The van der Waals surface area contributed by atoms with Gasteiger partial charge in [0.05, 0.1) is 16.0 Å². The second-order valence-electron chi connectivity index (χ2n) is 7.15. The molecule has 172 valence electrons. The van der Waals surface area contributed by atoms with Crippen LogP contribution in [0, 0.1) is 5.82 Å². The van der Waals surface area contributed by atoms with Crippen molar-refractivity contribution in [2.45, 2.75) is 4.34 Å². The fourth-order valence-corrected chi connectivity index (χ4v) is 5.08. The molecule has 0 saturated carbocycles. The van der Waals surface area contributed by atoms with Gasteiger partial charge in [0, 0.05) is 23.1 Å². The quantitative estimate of drug-likeness (QED) is 0.303. The molecule has 0 radical (unpaired) electrons. The number of ether oxygens (including phenoxy) is 2. The molecule has 0 fully saturated rings. The lowest BCUT2D eigenvalue weighted by molar-refractivity contribution is -0.113. The van der Waals surface area contributed by atoms with Gasteiger partial charge in [0.2, 0.25) is 12.7 Å². The number of halogens is 1. The molecular weight excluding hydrogens is 479 g/mol. The Labute approximate surface area is 201 Å². The number of thiazole rings is 1. The standard InChI is InChI=1S/C23H17FN4O4S2/c24-13-1-3-14(4-2-13)25-21(29)11-33-23-28-17-7-5-16(10-20(17)34-23)27-22(30)26-15-6-8-18-19(9-15)32-12-31-18/h1-10H,11-12H2,(H,25,29)(H2,26,27,30). The van der Waals surface area contributed by atoms with E-state index in [0.29, 0.717) is 28.6 Å². The third kappa shape index (κ3) is 5.21. The van der Waals surface area contributed by atoms with E-state index in [1.54, 1.807) is 24.3 Å². The fraction of sp³-hybridized carbons (Fsp3) is 0.0870. The molecule has 0 spiro atoms. The molecule has 0 saturated heterocycles. The molecule has 8 nitrogen and oxygen atoms in total. The molecule has 0 atom stereocenters. The molecule has 0 aliphatic carbocycles. The van der Waals surface area contributed by atoms with Crippen LogP contribution in [0.4, 0.5) is 26.2 Å². The highest BCUT2D eigenvalue weighted by Gasteiger charge is 2.14. The lowest BCUT2D eigenvalue weighted by atomic mass is 10.3. The van der Waals surface area contributed by atoms with Crippen molar-refractivity contribution in [2.75, 3.05) is 28.5 Å². The second kappa shape index (κ2) is 9.57. The number of thioether (sulfide) groups is 1. The van der Waals surface area contributed by atoms with Crippen molar-refractivity contribution in [1.29, 1.82) is 0 Å². The van der Waals surface area contributed by atoms with Gasteiger partial charge in [-0.05, 0) is 54.6 Å². The first kappa shape index (κ1) is 22.0. The second-order valence-corrected chi connectivity index (χ2v) is 9.41. The topological polar surface area (TPSA) is 102 Å². The number of amides is 3. The van der Waals surface area contributed by atoms with E-state index >= 15 is 0 Å². The Balaban J connectivity index is 1.17. The van der Waals surface area contributed by atoms with E-state index in [2.05, 4.69) is 20.9 Å². The Morgan fingerprint density at radius 1 is 0.912 bits per heavy atom. The normalized spacial score (nSPS) is 11.9. The van der Waals surface area contributed by atoms with Crippen molar-refractivity contribution in [3.05, 3.63) is 66.5 Å². The molecule has 1 aliphatic heterocycles. The summed E-state index contributed by atoms with van der Waals surface area (Å²) in [5.74, 6) is 0.822. The maximum atomic E-state index is 13.0. The zero-order valence-electron chi connectivity index (χ0n) is 17.5. The largest absolute Gasteiger partial charge is 0.454 e. The van der Waals surface area contributed by atoms with Crippen LogP contribution in [0.3, 0.4) is 0 Å². The first-order valence-electron chi connectivity index (χ1n) is 10.1. The summed E-state index contributed by atoms with van der Waals surface area (Å²) in [5, 5.41) is 8.28. The number of urea groups is 1. The third-order valence-electron chi connectivity index (χ3n) is 4.71. The maximum absolute atomic E-state index is 13.0. The number of anilines is 3. The van der Waals surface area contributed by atoms with E-state index < -0.39 is 6.03 Å². The number of aromatic nitrogens is 1. The number of rotatable bonds is 6. The predicted molar refractivity (Wildman–Crippen MR) is 131 cm³/mol. The summed E-state index contributed by atoms with van der Waals surface area (Å²) < 4.78 is 25.2. The lowest BCUT2D eigenvalue weighted by Gasteiger charge is -2.08. The Kier molecular flexibility index (Phi) is 6.19. The molecule has 34 heavy (non-hydrogen) atoms. The van der Waals surface area contributed by atoms with Gasteiger partial charge in [0.25, 0.3) is 0 Å². The highest BCUT2D eigenvalue weighted by molar-refractivity contribution is 8.01. The number of hydrogen-bond acceptors (Lipinski definition) is 7. The predicted octanol–water partition coefficient (Wildman–Crippen LogP) is 5.54. The van der Waals surface area contributed by atoms with Crippen molar-refractivity contribution < 1.29 is 23.5 Å². The van der Waals surface area contributed by atoms with Gasteiger partial charge in [0.15, 0.2) is 15.8 Å². The van der Waals surface area contributed by atoms with Crippen molar-refractivity contribution in [3.63, 3.8) is 0 Å². The number of carbonyl (C=O) groups excluding carboxylic acids is 2. The van der Waals surface area contributed by atoms with E-state index in [9.17, 15) is 14.0 Å². The molecule has 3 aromatic carbocycles. The van der Waals surface area contributed by atoms with Gasteiger partial charge < -0.3 is 25.4 Å². The average Bonchev–Trinajstić information content (AvgIpc) is 3.45. The minimum absolute atomic E-state index is 0.166. The monoisotopic (exact) mass is 496 g/mol. The Morgan fingerprint density at radius 2 is 1.62 bits per heavy atom. The Hall–Kier alpha value is -3.83. The first-order chi connectivity index (χ1) is 16.5. The summed E-state index contributed by atoms with van der Waals surface area (Å²) in [6.45, 7) is 0.166. The summed E-state index contributed by atoms with van der Waals surface area (Å²) in [6, 6.07) is 15.8.